The van der Waals surface area contributed by atoms with Crippen LogP contribution in [0.5, 0.6) is 11.5 Å². The fourth-order valence-corrected chi connectivity index (χ4v) is 2.89. The molecule has 1 unspecified atom stereocenters. The molecular formula is C15H19NO4. The smallest absolute Gasteiger partial charge is 0.243 e. The van der Waals surface area contributed by atoms with Gasteiger partial charge < -0.3 is 9.47 Å². The molecule has 0 spiro atoms. The third-order valence-electron chi connectivity index (χ3n) is 3.74. The maximum absolute atomic E-state index is 12.2. The van der Waals surface area contributed by atoms with Crippen molar-refractivity contribution in [3.63, 3.8) is 0 Å². The molecule has 0 radical (unpaired) electrons. The molecule has 5 heteroatoms. The number of hydrogen-bond acceptors (Lipinski definition) is 5. The first-order chi connectivity index (χ1) is 9.36. The summed E-state index contributed by atoms with van der Waals surface area (Å²) in [7, 11) is 5.19. The summed E-state index contributed by atoms with van der Waals surface area (Å²) in [4.78, 5) is 26.2. The molecule has 1 aliphatic heterocycles. The number of ketones is 2. The number of ether oxygens (including phenoxy) is 2. The molecule has 0 aliphatic carbocycles. The van der Waals surface area contributed by atoms with E-state index in [0.29, 0.717) is 11.5 Å². The Hall–Kier alpha value is -1.88. The van der Waals surface area contributed by atoms with Crippen LogP contribution in [0.1, 0.15) is 25.5 Å². The van der Waals surface area contributed by atoms with Gasteiger partial charge in [-0.3, -0.25) is 14.5 Å². The molecule has 0 N–H and O–H groups in total. The Kier molecular flexibility index (Phi) is 3.56. The normalized spacial score (nSPS) is 19.4. The Balaban J connectivity index is 2.72. The van der Waals surface area contributed by atoms with E-state index in [0.717, 1.165) is 5.56 Å². The summed E-state index contributed by atoms with van der Waals surface area (Å²) in [5.41, 5.74) is -0.758. The summed E-state index contributed by atoms with van der Waals surface area (Å²) in [5, 5.41) is 0. The van der Waals surface area contributed by atoms with Crippen molar-refractivity contribution in [2.24, 2.45) is 0 Å². The lowest BCUT2D eigenvalue weighted by Gasteiger charge is -2.33. The zero-order chi connectivity index (χ0) is 15.1. The van der Waals surface area contributed by atoms with Gasteiger partial charge in [0.05, 0.1) is 18.7 Å². The topological polar surface area (TPSA) is 55.8 Å². The van der Waals surface area contributed by atoms with Crippen molar-refractivity contribution in [3.8, 4) is 11.5 Å². The third-order valence-corrected chi connectivity index (χ3v) is 3.74. The van der Waals surface area contributed by atoms with Crippen molar-refractivity contribution >= 4 is 11.6 Å². The SMILES string of the molecule is COc1cccc2c1C(N(C)C)C(C(C)=O)(C(C)=O)O2. The van der Waals surface area contributed by atoms with Crippen LogP contribution in [0.2, 0.25) is 0 Å². The average molecular weight is 277 g/mol. The molecule has 1 atom stereocenters. The van der Waals surface area contributed by atoms with E-state index in [2.05, 4.69) is 0 Å². The summed E-state index contributed by atoms with van der Waals surface area (Å²) in [6, 6.07) is 4.83. The number of benzene rings is 1. The second-order valence-electron chi connectivity index (χ2n) is 5.19. The van der Waals surface area contributed by atoms with Crippen molar-refractivity contribution in [3.05, 3.63) is 23.8 Å². The number of carbonyl (C=O) groups is 2. The van der Waals surface area contributed by atoms with E-state index >= 15 is 0 Å². The van der Waals surface area contributed by atoms with E-state index in [-0.39, 0.29) is 11.6 Å². The highest BCUT2D eigenvalue weighted by atomic mass is 16.5. The molecule has 0 amide bonds. The van der Waals surface area contributed by atoms with Crippen LogP contribution in [-0.2, 0) is 9.59 Å². The fraction of sp³-hybridized carbons (Fsp3) is 0.467. The molecule has 5 nitrogen and oxygen atoms in total. The molecule has 0 bridgehead atoms. The van der Waals surface area contributed by atoms with Crippen LogP contribution in [0, 0.1) is 0 Å². The second-order valence-corrected chi connectivity index (χ2v) is 5.19. The Morgan fingerprint density at radius 3 is 2.30 bits per heavy atom. The van der Waals surface area contributed by atoms with Gasteiger partial charge in [0, 0.05) is 0 Å². The van der Waals surface area contributed by atoms with Crippen LogP contribution in [0.4, 0.5) is 0 Å². The molecule has 0 saturated heterocycles. The summed E-state index contributed by atoms with van der Waals surface area (Å²) < 4.78 is 11.2. The molecule has 0 fully saturated rings. The van der Waals surface area contributed by atoms with E-state index in [1.54, 1.807) is 25.3 Å². The molecule has 2 rings (SSSR count). The predicted octanol–water partition coefficient (Wildman–Crippen LogP) is 1.61. The minimum absolute atomic E-state index is 0.304. The highest BCUT2D eigenvalue weighted by Crippen LogP contribution is 2.50. The standard InChI is InChI=1S/C15H19NO4/c1-9(17)15(10(2)18)14(16(3)4)13-11(19-5)7-6-8-12(13)20-15/h6-8,14H,1-5H3. The van der Waals surface area contributed by atoms with Gasteiger partial charge in [-0.25, -0.2) is 0 Å². The van der Waals surface area contributed by atoms with E-state index in [9.17, 15) is 9.59 Å². The van der Waals surface area contributed by atoms with Crippen molar-refractivity contribution in [1.82, 2.24) is 4.90 Å². The number of fused-ring (bicyclic) bond motifs is 1. The van der Waals surface area contributed by atoms with Crippen LogP contribution in [0.25, 0.3) is 0 Å². The zero-order valence-electron chi connectivity index (χ0n) is 12.4. The number of carbonyl (C=O) groups excluding carboxylic acids is 2. The first-order valence-electron chi connectivity index (χ1n) is 6.40. The minimum Gasteiger partial charge on any atom is -0.496 e. The van der Waals surface area contributed by atoms with Crippen LogP contribution in [0.15, 0.2) is 18.2 Å². The van der Waals surface area contributed by atoms with Crippen LogP contribution >= 0.6 is 0 Å². The highest BCUT2D eigenvalue weighted by Gasteiger charge is 2.58. The molecule has 20 heavy (non-hydrogen) atoms. The largest absolute Gasteiger partial charge is 0.496 e. The Bertz CT molecular complexity index is 551. The maximum Gasteiger partial charge on any atom is 0.243 e. The molecule has 0 saturated carbocycles. The first-order valence-corrected chi connectivity index (χ1v) is 6.40. The van der Waals surface area contributed by atoms with Crippen LogP contribution in [-0.4, -0.2) is 43.3 Å². The third kappa shape index (κ3) is 1.81. The first kappa shape index (κ1) is 14.5. The zero-order valence-corrected chi connectivity index (χ0v) is 12.4. The second kappa shape index (κ2) is 4.90. The van der Waals surface area contributed by atoms with Gasteiger partial charge in [0.1, 0.15) is 11.5 Å². The van der Waals surface area contributed by atoms with Crippen LogP contribution < -0.4 is 9.47 Å². The van der Waals surface area contributed by atoms with E-state index in [1.807, 2.05) is 19.0 Å². The number of rotatable bonds is 4. The van der Waals surface area contributed by atoms with Gasteiger partial charge in [-0.1, -0.05) is 6.07 Å². The molecular weight excluding hydrogens is 258 g/mol. The molecule has 0 aromatic heterocycles. The quantitative estimate of drug-likeness (QED) is 0.783. The predicted molar refractivity (Wildman–Crippen MR) is 74.1 cm³/mol. The summed E-state index contributed by atoms with van der Waals surface area (Å²) in [5.74, 6) is 0.530. The van der Waals surface area contributed by atoms with Gasteiger partial charge in [0.25, 0.3) is 0 Å². The summed E-state index contributed by atoms with van der Waals surface area (Å²) in [6.45, 7) is 2.77. The highest BCUT2D eigenvalue weighted by molar-refractivity contribution is 6.11. The fourth-order valence-electron chi connectivity index (χ4n) is 2.89. The molecule has 108 valence electrons. The van der Waals surface area contributed by atoms with E-state index < -0.39 is 11.6 Å². The lowest BCUT2D eigenvalue weighted by molar-refractivity contribution is -0.148. The minimum atomic E-state index is -1.50. The number of Topliss-reactive ketones (excluding diaryl/α,β-unsaturated/α-hetero) is 2. The summed E-state index contributed by atoms with van der Waals surface area (Å²) in [6.07, 6.45) is 0. The molecule has 1 aromatic rings. The van der Waals surface area contributed by atoms with Crippen molar-refractivity contribution in [1.29, 1.82) is 0 Å². The van der Waals surface area contributed by atoms with E-state index in [4.69, 9.17) is 9.47 Å². The Labute approximate surface area is 118 Å². The van der Waals surface area contributed by atoms with Gasteiger partial charge in [-0.2, -0.15) is 0 Å². The van der Waals surface area contributed by atoms with Crippen molar-refractivity contribution in [2.75, 3.05) is 21.2 Å². The Morgan fingerprint density at radius 2 is 1.85 bits per heavy atom. The number of likely N-dealkylation sites (N-methyl/N-ethyl adjacent to an activating group) is 1. The van der Waals surface area contributed by atoms with E-state index in [1.165, 1.54) is 13.8 Å². The molecule has 1 heterocycles. The van der Waals surface area contributed by atoms with Gasteiger partial charge >= 0.3 is 0 Å². The maximum atomic E-state index is 12.2. The molecule has 1 aliphatic rings. The summed E-state index contributed by atoms with van der Waals surface area (Å²) >= 11 is 0. The Morgan fingerprint density at radius 1 is 1.25 bits per heavy atom. The number of methoxy groups -OCH3 is 1. The van der Waals surface area contributed by atoms with Gasteiger partial charge in [0.15, 0.2) is 11.6 Å². The van der Waals surface area contributed by atoms with Gasteiger partial charge in [0.2, 0.25) is 5.60 Å². The lowest BCUT2D eigenvalue weighted by Crippen LogP contribution is -2.55. The monoisotopic (exact) mass is 277 g/mol. The van der Waals surface area contributed by atoms with Gasteiger partial charge in [-0.05, 0) is 40.1 Å². The van der Waals surface area contributed by atoms with Gasteiger partial charge in [-0.15, -0.1) is 0 Å². The van der Waals surface area contributed by atoms with Crippen LogP contribution in [0.3, 0.4) is 0 Å². The lowest BCUT2D eigenvalue weighted by atomic mass is 9.83. The van der Waals surface area contributed by atoms with Crippen molar-refractivity contribution < 1.29 is 19.1 Å². The van der Waals surface area contributed by atoms with Crippen molar-refractivity contribution in [2.45, 2.75) is 25.5 Å². The molecule has 1 aromatic carbocycles. The number of nitrogens with zero attached hydrogens (tertiary/aromatic N) is 1. The number of hydrogen-bond donors (Lipinski definition) is 0. The average Bonchev–Trinajstić information content (AvgIpc) is 2.74.